The summed E-state index contributed by atoms with van der Waals surface area (Å²) in [5.74, 6) is -0.684. The van der Waals surface area contributed by atoms with Gasteiger partial charge in [-0.1, -0.05) is 24.3 Å². The van der Waals surface area contributed by atoms with Crippen molar-refractivity contribution in [1.29, 1.82) is 0 Å². The van der Waals surface area contributed by atoms with Crippen LogP contribution in [-0.2, 0) is 24.2 Å². The minimum Gasteiger partial charge on any atom is -0.462 e. The molecule has 32 heavy (non-hydrogen) atoms. The smallest absolute Gasteiger partial charge is 0.229 e. The molecule has 0 bridgehead atoms. The first-order valence-corrected chi connectivity index (χ1v) is 10.4. The van der Waals surface area contributed by atoms with Crippen LogP contribution in [0.2, 0.25) is 0 Å². The second-order valence-corrected chi connectivity index (χ2v) is 7.94. The van der Waals surface area contributed by atoms with E-state index in [4.69, 9.17) is 9.47 Å². The summed E-state index contributed by atoms with van der Waals surface area (Å²) in [6.45, 7) is 0.406. The van der Waals surface area contributed by atoms with E-state index < -0.39 is 55.9 Å². The second kappa shape index (κ2) is 10.7. The van der Waals surface area contributed by atoms with Crippen LogP contribution in [0.4, 0.5) is 8.78 Å². The lowest BCUT2D eigenvalue weighted by atomic mass is 9.96. The summed E-state index contributed by atoms with van der Waals surface area (Å²) in [5.41, 5.74) is 1.86. The lowest BCUT2D eigenvalue weighted by Gasteiger charge is -2.41. The average molecular weight is 454 g/mol. The lowest BCUT2D eigenvalue weighted by Crippen LogP contribution is -2.61. The van der Waals surface area contributed by atoms with Gasteiger partial charge in [0.1, 0.15) is 36.0 Å². The first-order chi connectivity index (χ1) is 15.2. The second-order valence-electron chi connectivity index (χ2n) is 7.94. The summed E-state index contributed by atoms with van der Waals surface area (Å²) in [6.07, 6.45) is -8.43. The topological polar surface area (TPSA) is 120 Å². The third-order valence-corrected chi connectivity index (χ3v) is 5.51. The first-order valence-electron chi connectivity index (χ1n) is 10.4. The molecule has 6 atom stereocenters. The predicted molar refractivity (Wildman–Crippen MR) is 110 cm³/mol. The van der Waals surface area contributed by atoms with Crippen molar-refractivity contribution < 1.29 is 43.8 Å². The highest BCUT2D eigenvalue weighted by Gasteiger charge is 2.46. The Balaban J connectivity index is 1.90. The van der Waals surface area contributed by atoms with Crippen LogP contribution in [0.25, 0.3) is 0 Å². The normalized spacial score (nSPS) is 26.7. The minimum atomic E-state index is -1.67. The maximum atomic E-state index is 14.9. The van der Waals surface area contributed by atoms with Crippen LogP contribution in [0.1, 0.15) is 29.2 Å². The molecule has 0 amide bonds. The van der Waals surface area contributed by atoms with E-state index in [1.165, 1.54) is 13.0 Å². The Kier molecular flexibility index (Phi) is 8.16. The van der Waals surface area contributed by atoms with E-state index >= 15 is 0 Å². The van der Waals surface area contributed by atoms with Crippen molar-refractivity contribution in [2.75, 3.05) is 6.67 Å². The van der Waals surface area contributed by atoms with Crippen LogP contribution in [0.15, 0.2) is 36.4 Å². The van der Waals surface area contributed by atoms with E-state index in [0.29, 0.717) is 0 Å². The molecule has 0 spiro atoms. The zero-order valence-corrected chi connectivity index (χ0v) is 17.6. The minimum absolute atomic E-state index is 0.0288. The van der Waals surface area contributed by atoms with Gasteiger partial charge in [0.2, 0.25) is 6.29 Å². The van der Waals surface area contributed by atoms with Crippen molar-refractivity contribution in [3.05, 3.63) is 64.5 Å². The van der Waals surface area contributed by atoms with Crippen molar-refractivity contribution in [3.8, 4) is 5.75 Å². The van der Waals surface area contributed by atoms with Gasteiger partial charge in [0.25, 0.3) is 0 Å². The quantitative estimate of drug-likeness (QED) is 0.404. The van der Waals surface area contributed by atoms with Crippen LogP contribution < -0.4 is 4.74 Å². The molecule has 1 saturated heterocycles. The molecule has 5 N–H and O–H groups in total. The third-order valence-electron chi connectivity index (χ3n) is 5.51. The Bertz CT molecular complexity index is 891. The fourth-order valence-electron chi connectivity index (χ4n) is 3.66. The number of aryl methyl sites for hydroxylation is 1. The molecular formula is C23H28F2O7. The Morgan fingerprint density at radius 2 is 1.66 bits per heavy atom. The largest absolute Gasteiger partial charge is 0.462 e. The van der Waals surface area contributed by atoms with E-state index in [2.05, 4.69) is 0 Å². The summed E-state index contributed by atoms with van der Waals surface area (Å²) in [5, 5.41) is 49.8. The van der Waals surface area contributed by atoms with Gasteiger partial charge in [0, 0.05) is 18.4 Å². The standard InChI is InChI=1S/C23H28F2O7/c1-12(27)22-20(29)19(28)21(30)23(32-22)31-18-10-15(11-26)9-17(25)16(18)8-14-4-2-13(3-5-14)6-7-24/h2-5,9-10,12,19-23,26-30H,6-8,11H2,1H3/t12-,19+,20+,21-,22-,23-/m1/s1. The zero-order chi connectivity index (χ0) is 23.4. The highest BCUT2D eigenvalue weighted by atomic mass is 19.1. The summed E-state index contributed by atoms with van der Waals surface area (Å²) in [7, 11) is 0. The molecule has 2 aromatic rings. The number of hydrogen-bond acceptors (Lipinski definition) is 7. The van der Waals surface area contributed by atoms with Crippen molar-refractivity contribution >= 4 is 0 Å². The van der Waals surface area contributed by atoms with E-state index in [0.717, 1.165) is 17.2 Å². The molecule has 176 valence electrons. The molecule has 0 radical (unpaired) electrons. The fraction of sp³-hybridized carbons (Fsp3) is 0.478. The van der Waals surface area contributed by atoms with Gasteiger partial charge < -0.3 is 35.0 Å². The van der Waals surface area contributed by atoms with Gasteiger partial charge >= 0.3 is 0 Å². The zero-order valence-electron chi connectivity index (χ0n) is 17.6. The summed E-state index contributed by atoms with van der Waals surface area (Å²) in [6, 6.07) is 9.52. The van der Waals surface area contributed by atoms with Gasteiger partial charge in [-0.3, -0.25) is 4.39 Å². The van der Waals surface area contributed by atoms with E-state index in [-0.39, 0.29) is 29.7 Å². The van der Waals surface area contributed by atoms with Crippen LogP contribution in [0.3, 0.4) is 0 Å². The fourth-order valence-corrected chi connectivity index (χ4v) is 3.66. The SMILES string of the molecule is C[C@@H](O)[C@H]1O[C@@H](Oc2cc(CO)cc(F)c2Cc2ccc(CCF)cc2)[C@H](O)[C@@H](O)[C@@H]1O. The lowest BCUT2D eigenvalue weighted by molar-refractivity contribution is -0.286. The van der Waals surface area contributed by atoms with Crippen LogP contribution in [0.5, 0.6) is 5.75 Å². The number of aliphatic hydroxyl groups excluding tert-OH is 5. The molecule has 3 rings (SSSR count). The highest BCUT2D eigenvalue weighted by Crippen LogP contribution is 2.31. The Morgan fingerprint density at radius 3 is 2.25 bits per heavy atom. The number of alkyl halides is 1. The maximum Gasteiger partial charge on any atom is 0.229 e. The molecule has 2 aromatic carbocycles. The molecule has 1 fully saturated rings. The molecule has 1 aliphatic heterocycles. The molecule has 1 heterocycles. The summed E-state index contributed by atoms with van der Waals surface area (Å²) < 4.78 is 38.6. The summed E-state index contributed by atoms with van der Waals surface area (Å²) >= 11 is 0. The Morgan fingerprint density at radius 1 is 1.00 bits per heavy atom. The molecule has 0 saturated carbocycles. The van der Waals surface area contributed by atoms with Crippen molar-refractivity contribution in [2.24, 2.45) is 0 Å². The maximum absolute atomic E-state index is 14.9. The molecule has 1 aliphatic rings. The van der Waals surface area contributed by atoms with Crippen molar-refractivity contribution in [2.45, 2.75) is 63.2 Å². The molecule has 9 heteroatoms. The van der Waals surface area contributed by atoms with Crippen molar-refractivity contribution in [3.63, 3.8) is 0 Å². The number of hydrogen-bond donors (Lipinski definition) is 5. The summed E-state index contributed by atoms with van der Waals surface area (Å²) in [4.78, 5) is 0. The van der Waals surface area contributed by atoms with Crippen LogP contribution in [-0.4, -0.2) is 69.0 Å². The van der Waals surface area contributed by atoms with Gasteiger partial charge in [-0.25, -0.2) is 4.39 Å². The number of benzene rings is 2. The van der Waals surface area contributed by atoms with Gasteiger partial charge in [-0.2, -0.15) is 0 Å². The predicted octanol–water partition coefficient (Wildman–Crippen LogP) is 0.988. The van der Waals surface area contributed by atoms with Gasteiger partial charge in [0.15, 0.2) is 0 Å². The Hall–Kier alpha value is -2.14. The Labute approximate surface area is 184 Å². The van der Waals surface area contributed by atoms with Gasteiger partial charge in [0.05, 0.1) is 19.4 Å². The van der Waals surface area contributed by atoms with E-state index in [9.17, 15) is 34.3 Å². The van der Waals surface area contributed by atoms with Gasteiger partial charge in [-0.05, 0) is 35.7 Å². The molecule has 0 aromatic heterocycles. The van der Waals surface area contributed by atoms with Gasteiger partial charge in [-0.15, -0.1) is 0 Å². The van der Waals surface area contributed by atoms with Crippen molar-refractivity contribution in [1.82, 2.24) is 0 Å². The number of ether oxygens (including phenoxy) is 2. The third kappa shape index (κ3) is 5.43. The molecule has 0 unspecified atom stereocenters. The molecule has 7 nitrogen and oxygen atoms in total. The number of halogens is 2. The number of rotatable bonds is 8. The highest BCUT2D eigenvalue weighted by molar-refractivity contribution is 5.42. The molecular weight excluding hydrogens is 426 g/mol. The first kappa shape index (κ1) is 24.5. The van der Waals surface area contributed by atoms with Crippen LogP contribution >= 0.6 is 0 Å². The molecule has 0 aliphatic carbocycles. The number of aliphatic hydroxyl groups is 5. The van der Waals surface area contributed by atoms with Crippen LogP contribution in [0, 0.1) is 5.82 Å². The average Bonchev–Trinajstić information content (AvgIpc) is 2.77. The van der Waals surface area contributed by atoms with E-state index in [1.807, 2.05) is 0 Å². The monoisotopic (exact) mass is 454 g/mol. The van der Waals surface area contributed by atoms with E-state index in [1.54, 1.807) is 24.3 Å².